The van der Waals surface area contributed by atoms with Crippen LogP contribution in [0.25, 0.3) is 10.8 Å². The number of carbonyl (C=O) groups is 3. The van der Waals surface area contributed by atoms with Crippen LogP contribution in [0.3, 0.4) is 0 Å². The van der Waals surface area contributed by atoms with Gasteiger partial charge in [-0.3, -0.25) is 25.2 Å². The Kier molecular flexibility index (Phi) is 10.6. The van der Waals surface area contributed by atoms with E-state index >= 15 is 0 Å². The van der Waals surface area contributed by atoms with Crippen molar-refractivity contribution < 1.29 is 23.9 Å². The fourth-order valence-electron chi connectivity index (χ4n) is 3.10. The molecule has 0 saturated carbocycles. The Balaban J connectivity index is 1.31. The number of hydrogen-bond donors (Lipinski definition) is 3. The summed E-state index contributed by atoms with van der Waals surface area (Å²) in [6, 6.07) is 19.1. The molecular formula is C25H23Br2N3O5S. The van der Waals surface area contributed by atoms with Gasteiger partial charge in [-0.2, -0.15) is 0 Å². The number of esters is 1. The van der Waals surface area contributed by atoms with E-state index < -0.39 is 17.8 Å². The number of amides is 2. The summed E-state index contributed by atoms with van der Waals surface area (Å²) >= 11 is 11.9. The van der Waals surface area contributed by atoms with E-state index in [1.165, 1.54) is 0 Å². The van der Waals surface area contributed by atoms with Crippen molar-refractivity contribution in [1.29, 1.82) is 0 Å². The van der Waals surface area contributed by atoms with Crippen LogP contribution < -0.4 is 20.9 Å². The zero-order chi connectivity index (χ0) is 25.9. The number of halogens is 2. The van der Waals surface area contributed by atoms with Gasteiger partial charge in [-0.15, -0.1) is 0 Å². The molecule has 0 unspecified atom stereocenters. The van der Waals surface area contributed by atoms with Crippen LogP contribution in [0.5, 0.6) is 5.75 Å². The molecule has 3 rings (SSSR count). The van der Waals surface area contributed by atoms with Crippen molar-refractivity contribution >= 4 is 77.7 Å². The Labute approximate surface area is 230 Å². The number of fused-ring (bicyclic) bond motifs is 1. The lowest BCUT2D eigenvalue weighted by Gasteiger charge is -2.13. The van der Waals surface area contributed by atoms with Crippen molar-refractivity contribution in [2.75, 3.05) is 13.2 Å². The van der Waals surface area contributed by atoms with Gasteiger partial charge in [-0.25, -0.2) is 0 Å². The maximum absolute atomic E-state index is 12.1. The molecule has 0 heterocycles. The molecule has 0 bridgehead atoms. The molecule has 3 aromatic rings. The van der Waals surface area contributed by atoms with E-state index in [1.807, 2.05) is 54.6 Å². The lowest BCUT2D eigenvalue weighted by atomic mass is 10.1. The van der Waals surface area contributed by atoms with Gasteiger partial charge in [-0.05, 0) is 62.7 Å². The van der Waals surface area contributed by atoms with Crippen molar-refractivity contribution in [2.45, 2.75) is 19.3 Å². The van der Waals surface area contributed by atoms with E-state index in [0.29, 0.717) is 12.2 Å². The smallest absolute Gasteiger partial charge is 0.306 e. The van der Waals surface area contributed by atoms with Gasteiger partial charge in [0, 0.05) is 17.3 Å². The maximum atomic E-state index is 12.1. The number of hydrazine groups is 1. The molecule has 0 atom stereocenters. The van der Waals surface area contributed by atoms with Gasteiger partial charge in [0.15, 0.2) is 11.7 Å². The number of ether oxygens (including phenoxy) is 2. The first-order valence-electron chi connectivity index (χ1n) is 10.9. The Morgan fingerprint density at radius 1 is 0.889 bits per heavy atom. The quantitative estimate of drug-likeness (QED) is 0.182. The highest BCUT2D eigenvalue weighted by atomic mass is 79.9. The third-order valence-corrected chi connectivity index (χ3v) is 6.38. The van der Waals surface area contributed by atoms with Gasteiger partial charge >= 0.3 is 5.97 Å². The molecule has 188 valence electrons. The summed E-state index contributed by atoms with van der Waals surface area (Å²) in [6.45, 7) is -0.0366. The van der Waals surface area contributed by atoms with Crippen molar-refractivity contribution in [3.8, 4) is 5.75 Å². The van der Waals surface area contributed by atoms with E-state index in [1.54, 1.807) is 6.07 Å². The Morgan fingerprint density at radius 2 is 1.67 bits per heavy atom. The van der Waals surface area contributed by atoms with Crippen molar-refractivity contribution in [1.82, 2.24) is 16.2 Å². The molecule has 0 fully saturated rings. The van der Waals surface area contributed by atoms with Gasteiger partial charge in [0.1, 0.15) is 5.75 Å². The normalized spacial score (nSPS) is 10.4. The molecule has 2 amide bonds. The molecule has 0 spiro atoms. The topological polar surface area (TPSA) is 106 Å². The zero-order valence-corrected chi connectivity index (χ0v) is 23.0. The minimum atomic E-state index is -0.503. The highest BCUT2D eigenvalue weighted by molar-refractivity contribution is 9.11. The molecule has 36 heavy (non-hydrogen) atoms. The van der Waals surface area contributed by atoms with Crippen molar-refractivity contribution in [3.63, 3.8) is 0 Å². The van der Waals surface area contributed by atoms with Crippen LogP contribution in [-0.2, 0) is 25.5 Å². The summed E-state index contributed by atoms with van der Waals surface area (Å²) in [6.07, 6.45) is 0.419. The largest absolute Gasteiger partial charge is 0.483 e. The Morgan fingerprint density at radius 3 is 2.44 bits per heavy atom. The summed E-state index contributed by atoms with van der Waals surface area (Å²) in [7, 11) is 0. The first-order valence-corrected chi connectivity index (χ1v) is 12.9. The van der Waals surface area contributed by atoms with Crippen LogP contribution in [0.2, 0.25) is 0 Å². The maximum Gasteiger partial charge on any atom is 0.306 e. The first kappa shape index (κ1) is 27.6. The second-order valence-corrected chi connectivity index (χ2v) is 9.66. The average Bonchev–Trinajstić information content (AvgIpc) is 2.86. The molecular weight excluding hydrogens is 614 g/mol. The molecule has 0 saturated heterocycles. The molecule has 0 aliphatic rings. The monoisotopic (exact) mass is 635 g/mol. The van der Waals surface area contributed by atoms with E-state index in [-0.39, 0.29) is 31.2 Å². The number of hydrogen-bond acceptors (Lipinski definition) is 6. The minimum Gasteiger partial charge on any atom is -0.483 e. The third-order valence-electron chi connectivity index (χ3n) is 4.86. The van der Waals surface area contributed by atoms with Crippen LogP contribution in [0, 0.1) is 0 Å². The summed E-state index contributed by atoms with van der Waals surface area (Å²) in [5.74, 6) is -0.953. The molecule has 3 aromatic carbocycles. The number of benzene rings is 3. The minimum absolute atomic E-state index is 0.0823. The standard InChI is InChI=1S/C25H23Br2N3O5S/c26-18-7-8-19-17(14-18)6-9-20(24(19)27)35-15-22(32)29-30-25(36)28-21(31)10-11-23(33)34-13-12-16-4-2-1-3-5-16/h1-9,14H,10-13,15H2,(H,29,32)(H2,28,30,31,36). The van der Waals surface area contributed by atoms with Gasteiger partial charge < -0.3 is 14.8 Å². The summed E-state index contributed by atoms with van der Waals surface area (Å²) in [4.78, 5) is 35.9. The van der Waals surface area contributed by atoms with Crippen LogP contribution >= 0.6 is 44.1 Å². The Hall–Kier alpha value is -3.02. The molecule has 8 nitrogen and oxygen atoms in total. The third kappa shape index (κ3) is 8.89. The van der Waals surface area contributed by atoms with Crippen LogP contribution in [0.15, 0.2) is 69.6 Å². The fraction of sp³-hybridized carbons (Fsp3) is 0.200. The summed E-state index contributed by atoms with van der Waals surface area (Å²) < 4.78 is 12.4. The SMILES string of the molecule is O=C(COc1ccc2cc(Br)ccc2c1Br)NNC(=S)NC(=O)CCC(=O)OCCc1ccccc1. The number of nitrogens with one attached hydrogen (secondary N) is 3. The molecule has 0 aliphatic carbocycles. The van der Waals surface area contributed by atoms with Gasteiger partial charge in [-0.1, -0.05) is 58.4 Å². The van der Waals surface area contributed by atoms with Gasteiger partial charge in [0.05, 0.1) is 17.5 Å². The van der Waals surface area contributed by atoms with E-state index in [2.05, 4.69) is 48.0 Å². The van der Waals surface area contributed by atoms with Crippen LogP contribution in [0.1, 0.15) is 18.4 Å². The van der Waals surface area contributed by atoms with E-state index in [9.17, 15) is 14.4 Å². The second-order valence-electron chi connectivity index (χ2n) is 7.54. The average molecular weight is 637 g/mol. The Bertz CT molecular complexity index is 1260. The first-order chi connectivity index (χ1) is 17.3. The number of carbonyl (C=O) groups excluding carboxylic acids is 3. The van der Waals surface area contributed by atoms with E-state index in [4.69, 9.17) is 21.7 Å². The predicted molar refractivity (Wildman–Crippen MR) is 147 cm³/mol. The lowest BCUT2D eigenvalue weighted by Crippen LogP contribution is -2.49. The molecule has 0 aliphatic heterocycles. The predicted octanol–water partition coefficient (Wildman–Crippen LogP) is 4.33. The lowest BCUT2D eigenvalue weighted by molar-refractivity contribution is -0.144. The molecule has 0 aromatic heterocycles. The van der Waals surface area contributed by atoms with Gasteiger partial charge in [0.25, 0.3) is 5.91 Å². The van der Waals surface area contributed by atoms with E-state index in [0.717, 1.165) is 25.3 Å². The molecule has 3 N–H and O–H groups in total. The number of rotatable bonds is 9. The van der Waals surface area contributed by atoms with Crippen LogP contribution in [-0.4, -0.2) is 36.1 Å². The fourth-order valence-corrected chi connectivity index (χ4v) is 4.25. The number of thiocarbonyl (C=S) groups is 1. The van der Waals surface area contributed by atoms with Crippen molar-refractivity contribution in [3.05, 3.63) is 75.2 Å². The highest BCUT2D eigenvalue weighted by Crippen LogP contribution is 2.34. The second kappa shape index (κ2) is 13.9. The summed E-state index contributed by atoms with van der Waals surface area (Å²) in [5, 5.41) is 4.23. The van der Waals surface area contributed by atoms with Gasteiger partial charge in [0.2, 0.25) is 5.91 Å². The molecule has 0 radical (unpaired) electrons. The zero-order valence-electron chi connectivity index (χ0n) is 19.0. The van der Waals surface area contributed by atoms with Crippen molar-refractivity contribution in [2.24, 2.45) is 0 Å². The van der Waals surface area contributed by atoms with Crippen LogP contribution in [0.4, 0.5) is 0 Å². The highest BCUT2D eigenvalue weighted by Gasteiger charge is 2.12. The summed E-state index contributed by atoms with van der Waals surface area (Å²) in [5.41, 5.74) is 5.83. The molecule has 11 heteroatoms.